The predicted octanol–water partition coefficient (Wildman–Crippen LogP) is 6.67. The minimum absolute atomic E-state index is 0.282. The van der Waals surface area contributed by atoms with Crippen LogP contribution in [-0.2, 0) is 4.79 Å². The van der Waals surface area contributed by atoms with Crippen LogP contribution in [0.3, 0.4) is 0 Å². The molecule has 0 amide bonds. The number of halogens is 1. The normalized spacial score (nSPS) is 14.5. The van der Waals surface area contributed by atoms with Crippen molar-refractivity contribution in [1.29, 1.82) is 0 Å². The Labute approximate surface area is 162 Å². The second kappa shape index (κ2) is 14.4. The molecule has 1 saturated carbocycles. The first-order valence-electron chi connectivity index (χ1n) is 9.49. The number of unbranched alkanes of at least 4 members (excludes halogenated alkanes) is 1. The zero-order valence-corrected chi connectivity index (χ0v) is 16.5. The molecule has 1 fully saturated rings. The molecule has 2 rings (SSSR count). The quantitative estimate of drug-likeness (QED) is 0.385. The molecule has 1 aromatic rings. The van der Waals surface area contributed by atoms with Crippen LogP contribution in [0.15, 0.2) is 48.6 Å². The average molecular weight is 379 g/mol. The molecular formula is C22H31ClO3. The fourth-order valence-corrected chi connectivity index (χ4v) is 2.96. The third-order valence-electron chi connectivity index (χ3n) is 4.15. The molecule has 0 aromatic heterocycles. The molecule has 1 aromatic carbocycles. The highest BCUT2D eigenvalue weighted by atomic mass is 35.5. The Bertz CT molecular complexity index is 560. The van der Waals surface area contributed by atoms with Gasteiger partial charge in [-0.15, -0.1) is 0 Å². The molecule has 0 bridgehead atoms. The first-order chi connectivity index (χ1) is 12.6. The summed E-state index contributed by atoms with van der Waals surface area (Å²) in [6, 6.07) is 7.55. The summed E-state index contributed by atoms with van der Waals surface area (Å²) in [4.78, 5) is 9.94. The Morgan fingerprint density at radius 3 is 2.69 bits per heavy atom. The van der Waals surface area contributed by atoms with E-state index in [1.54, 1.807) is 0 Å². The highest BCUT2D eigenvalue weighted by Gasteiger charge is 2.10. The van der Waals surface area contributed by atoms with Crippen LogP contribution in [0.25, 0.3) is 0 Å². The van der Waals surface area contributed by atoms with E-state index < -0.39 is 5.97 Å². The van der Waals surface area contributed by atoms with Gasteiger partial charge in [0.25, 0.3) is 0 Å². The lowest BCUT2D eigenvalue weighted by Crippen LogP contribution is -1.95. The van der Waals surface area contributed by atoms with Gasteiger partial charge >= 0.3 is 5.97 Å². The number of hydrogen-bond donors (Lipinski definition) is 1. The van der Waals surface area contributed by atoms with E-state index in [0.717, 1.165) is 42.6 Å². The Morgan fingerprint density at radius 2 is 2.04 bits per heavy atom. The molecule has 0 radical (unpaired) electrons. The fourth-order valence-electron chi connectivity index (χ4n) is 2.78. The summed E-state index contributed by atoms with van der Waals surface area (Å²) < 4.78 is 5.62. The highest BCUT2D eigenvalue weighted by Crippen LogP contribution is 2.25. The van der Waals surface area contributed by atoms with Crippen LogP contribution >= 0.6 is 11.6 Å². The van der Waals surface area contributed by atoms with Crippen LogP contribution in [-0.4, -0.2) is 17.7 Å². The van der Waals surface area contributed by atoms with Gasteiger partial charge in [-0.25, -0.2) is 0 Å². The van der Waals surface area contributed by atoms with Crippen LogP contribution in [0.2, 0.25) is 5.02 Å². The zero-order chi connectivity index (χ0) is 19.0. The fraction of sp³-hybridized carbons (Fsp3) is 0.500. The van der Waals surface area contributed by atoms with Crippen molar-refractivity contribution < 1.29 is 14.6 Å². The number of carboxylic acids is 1. The van der Waals surface area contributed by atoms with Crippen molar-refractivity contribution >= 4 is 17.6 Å². The van der Waals surface area contributed by atoms with E-state index >= 15 is 0 Å². The Hall–Kier alpha value is -1.74. The lowest BCUT2D eigenvalue weighted by molar-refractivity contribution is -0.137. The average Bonchev–Trinajstić information content (AvgIpc) is 3.12. The number of carboxylic acid groups (broad SMARTS) is 1. The standard InChI is InChI=1S/C15H19ClO.C7H12O2/c16-14-9-5-10-15(12-14)17-11-4-3-8-13-6-1-2-7-13;1-2-3-4-5-6-7(8)9/h3,5,8-10,12-13H,1-2,4,6-7,11H2;2-3H,4-6H2,1H3,(H,8,9)/b8-3+;3-2-. The van der Waals surface area contributed by atoms with E-state index in [-0.39, 0.29) is 6.42 Å². The van der Waals surface area contributed by atoms with E-state index in [0.29, 0.717) is 0 Å². The van der Waals surface area contributed by atoms with E-state index in [9.17, 15) is 4.79 Å². The number of allylic oxidation sites excluding steroid dienone is 3. The Balaban J connectivity index is 0.000000321. The topological polar surface area (TPSA) is 46.5 Å². The van der Waals surface area contributed by atoms with E-state index in [1.165, 1.54) is 25.7 Å². The summed E-state index contributed by atoms with van der Waals surface area (Å²) in [5, 5.41) is 8.91. The van der Waals surface area contributed by atoms with E-state index in [2.05, 4.69) is 12.2 Å². The molecule has 0 atom stereocenters. The third kappa shape index (κ3) is 11.8. The van der Waals surface area contributed by atoms with Gasteiger partial charge in [-0.1, -0.05) is 54.8 Å². The number of carbonyl (C=O) groups is 1. The molecule has 0 unspecified atom stereocenters. The van der Waals surface area contributed by atoms with Crippen molar-refractivity contribution in [3.05, 3.63) is 53.6 Å². The highest BCUT2D eigenvalue weighted by molar-refractivity contribution is 6.30. The first-order valence-corrected chi connectivity index (χ1v) is 9.87. The third-order valence-corrected chi connectivity index (χ3v) is 4.39. The van der Waals surface area contributed by atoms with Crippen molar-refractivity contribution in [2.75, 3.05) is 6.61 Å². The molecular weight excluding hydrogens is 348 g/mol. The summed E-state index contributed by atoms with van der Waals surface area (Å²) in [5.74, 6) is 0.965. The van der Waals surface area contributed by atoms with Crippen LogP contribution in [0.5, 0.6) is 5.75 Å². The van der Waals surface area contributed by atoms with Gasteiger partial charge in [-0.3, -0.25) is 4.79 Å². The van der Waals surface area contributed by atoms with Crippen LogP contribution in [0, 0.1) is 5.92 Å². The van der Waals surface area contributed by atoms with Gasteiger partial charge in [-0.05, 0) is 63.1 Å². The molecule has 1 aliphatic rings. The summed E-state index contributed by atoms with van der Waals surface area (Å²) in [7, 11) is 0. The maximum absolute atomic E-state index is 9.94. The maximum Gasteiger partial charge on any atom is 0.303 e. The number of aliphatic carboxylic acids is 1. The number of rotatable bonds is 9. The van der Waals surface area contributed by atoms with Gasteiger partial charge in [0.05, 0.1) is 6.61 Å². The zero-order valence-electron chi connectivity index (χ0n) is 15.7. The molecule has 1 aliphatic carbocycles. The lowest BCUT2D eigenvalue weighted by atomic mass is 10.1. The Kier molecular flexibility index (Phi) is 12.4. The number of benzene rings is 1. The van der Waals surface area contributed by atoms with Gasteiger partial charge < -0.3 is 9.84 Å². The summed E-state index contributed by atoms with van der Waals surface area (Å²) in [6.07, 6.45) is 16.9. The molecule has 0 spiro atoms. The summed E-state index contributed by atoms with van der Waals surface area (Å²) in [5.41, 5.74) is 0. The minimum Gasteiger partial charge on any atom is -0.493 e. The van der Waals surface area contributed by atoms with Gasteiger partial charge in [0.2, 0.25) is 0 Å². The smallest absolute Gasteiger partial charge is 0.303 e. The van der Waals surface area contributed by atoms with Crippen LogP contribution in [0.1, 0.15) is 58.3 Å². The molecule has 3 nitrogen and oxygen atoms in total. The minimum atomic E-state index is -0.709. The molecule has 1 N–H and O–H groups in total. The second-order valence-corrected chi connectivity index (χ2v) is 6.86. The monoisotopic (exact) mass is 378 g/mol. The predicted molar refractivity (Wildman–Crippen MR) is 109 cm³/mol. The molecule has 144 valence electrons. The molecule has 4 heteroatoms. The van der Waals surface area contributed by atoms with Crippen molar-refractivity contribution in [2.45, 2.75) is 58.3 Å². The van der Waals surface area contributed by atoms with Gasteiger partial charge in [-0.2, -0.15) is 0 Å². The molecule has 26 heavy (non-hydrogen) atoms. The van der Waals surface area contributed by atoms with Crippen molar-refractivity contribution in [3.8, 4) is 5.75 Å². The SMILES string of the molecule is C/C=C\CCCC(=O)O.Clc1cccc(OCC/C=C/C2CCCC2)c1. The van der Waals surface area contributed by atoms with Crippen LogP contribution < -0.4 is 4.74 Å². The maximum atomic E-state index is 9.94. The summed E-state index contributed by atoms with van der Waals surface area (Å²) in [6.45, 7) is 2.66. The van der Waals surface area contributed by atoms with Gasteiger partial charge in [0.1, 0.15) is 5.75 Å². The van der Waals surface area contributed by atoms with Crippen LogP contribution in [0.4, 0.5) is 0 Å². The molecule has 0 heterocycles. The second-order valence-electron chi connectivity index (χ2n) is 6.42. The first kappa shape index (κ1) is 22.3. The molecule has 0 saturated heterocycles. The lowest BCUT2D eigenvalue weighted by Gasteiger charge is -2.05. The number of ether oxygens (including phenoxy) is 1. The van der Waals surface area contributed by atoms with Gasteiger partial charge in [0.15, 0.2) is 0 Å². The van der Waals surface area contributed by atoms with Crippen molar-refractivity contribution in [3.63, 3.8) is 0 Å². The van der Waals surface area contributed by atoms with Crippen molar-refractivity contribution in [2.24, 2.45) is 5.92 Å². The largest absolute Gasteiger partial charge is 0.493 e. The number of hydrogen-bond acceptors (Lipinski definition) is 2. The summed E-state index contributed by atoms with van der Waals surface area (Å²) >= 11 is 5.88. The van der Waals surface area contributed by atoms with E-state index in [1.807, 2.05) is 43.3 Å². The van der Waals surface area contributed by atoms with E-state index in [4.69, 9.17) is 21.4 Å². The molecule has 0 aliphatic heterocycles. The van der Waals surface area contributed by atoms with Crippen molar-refractivity contribution in [1.82, 2.24) is 0 Å². The van der Waals surface area contributed by atoms with Gasteiger partial charge in [0, 0.05) is 11.4 Å². The Morgan fingerprint density at radius 1 is 1.27 bits per heavy atom.